The molecule has 1 heterocycles. The summed E-state index contributed by atoms with van der Waals surface area (Å²) < 4.78 is 49.9. The van der Waals surface area contributed by atoms with Gasteiger partial charge < -0.3 is 5.32 Å². The maximum atomic E-state index is 12.9. The highest BCUT2D eigenvalue weighted by atomic mass is 32.2. The molecule has 1 unspecified atom stereocenters. The van der Waals surface area contributed by atoms with E-state index in [1.165, 1.54) is 0 Å². The number of alkyl halides is 4. The van der Waals surface area contributed by atoms with E-state index in [-0.39, 0.29) is 6.04 Å². The van der Waals surface area contributed by atoms with Gasteiger partial charge in [-0.25, -0.2) is 8.78 Å². The third-order valence-corrected chi connectivity index (χ3v) is 3.96. The van der Waals surface area contributed by atoms with E-state index in [9.17, 15) is 17.6 Å². The van der Waals surface area contributed by atoms with Crippen molar-refractivity contribution in [2.24, 2.45) is 0 Å². The number of halogens is 4. The quantitative estimate of drug-likeness (QED) is 0.847. The van der Waals surface area contributed by atoms with Gasteiger partial charge in [0, 0.05) is 17.5 Å². The summed E-state index contributed by atoms with van der Waals surface area (Å²) in [4.78, 5) is 0. The molecule has 0 amide bonds. The van der Waals surface area contributed by atoms with Gasteiger partial charge in [-0.1, -0.05) is 24.3 Å². The van der Waals surface area contributed by atoms with Gasteiger partial charge in [0.1, 0.15) is 0 Å². The maximum Gasteiger partial charge on any atom is 0.319 e. The minimum Gasteiger partial charge on any atom is -0.303 e. The number of nitrogens with one attached hydrogen (secondary N) is 1. The molecule has 0 spiro atoms. The first-order valence-corrected chi connectivity index (χ1v) is 6.71. The van der Waals surface area contributed by atoms with Crippen molar-refractivity contribution in [1.29, 1.82) is 0 Å². The van der Waals surface area contributed by atoms with Crippen LogP contribution in [0, 0.1) is 0 Å². The first-order chi connectivity index (χ1) is 8.50. The van der Waals surface area contributed by atoms with E-state index in [1.54, 1.807) is 11.8 Å². The normalized spacial score (nSPS) is 19.9. The zero-order valence-electron chi connectivity index (χ0n) is 9.51. The highest BCUT2D eigenvalue weighted by Crippen LogP contribution is 2.32. The molecule has 1 aromatic carbocycles. The van der Waals surface area contributed by atoms with Crippen LogP contribution in [0.2, 0.25) is 0 Å². The molecular weight excluding hydrogens is 266 g/mol. The molecule has 100 valence electrons. The van der Waals surface area contributed by atoms with Crippen LogP contribution in [0.15, 0.2) is 24.3 Å². The number of benzene rings is 1. The molecule has 0 saturated heterocycles. The highest BCUT2D eigenvalue weighted by Gasteiger charge is 2.41. The summed E-state index contributed by atoms with van der Waals surface area (Å²) >= 11 is 1.61. The van der Waals surface area contributed by atoms with Crippen LogP contribution < -0.4 is 5.32 Å². The van der Waals surface area contributed by atoms with Crippen LogP contribution in [-0.4, -0.2) is 24.6 Å². The Morgan fingerprint density at radius 2 is 2.06 bits per heavy atom. The monoisotopic (exact) mass is 279 g/mol. The summed E-state index contributed by atoms with van der Waals surface area (Å²) in [7, 11) is 0. The molecule has 1 atom stereocenters. The molecule has 1 N–H and O–H groups in total. The first-order valence-electron chi connectivity index (χ1n) is 5.55. The molecule has 0 aliphatic carbocycles. The molecule has 0 radical (unpaired) electrons. The number of hydrogen-bond donors (Lipinski definition) is 1. The number of hydrogen-bond acceptors (Lipinski definition) is 2. The summed E-state index contributed by atoms with van der Waals surface area (Å²) in [5.74, 6) is -2.52. The van der Waals surface area contributed by atoms with Crippen molar-refractivity contribution in [1.82, 2.24) is 5.32 Å². The lowest BCUT2D eigenvalue weighted by molar-refractivity contribution is -0.126. The van der Waals surface area contributed by atoms with E-state index in [4.69, 9.17) is 0 Å². The second-order valence-corrected chi connectivity index (χ2v) is 5.24. The predicted molar refractivity (Wildman–Crippen MR) is 64.3 cm³/mol. The number of thioether (sulfide) groups is 1. The van der Waals surface area contributed by atoms with Crippen molar-refractivity contribution >= 4 is 11.8 Å². The fraction of sp³-hybridized carbons (Fsp3) is 0.500. The van der Waals surface area contributed by atoms with E-state index >= 15 is 0 Å². The van der Waals surface area contributed by atoms with Crippen molar-refractivity contribution in [3.8, 4) is 0 Å². The minimum atomic E-state index is -3.98. The summed E-state index contributed by atoms with van der Waals surface area (Å²) in [6, 6.07) is 7.21. The summed E-state index contributed by atoms with van der Waals surface area (Å²) in [6.45, 7) is -0.996. The average Bonchev–Trinajstić information content (AvgIpc) is 2.36. The predicted octanol–water partition coefficient (Wildman–Crippen LogP) is 3.46. The summed E-state index contributed by atoms with van der Waals surface area (Å²) in [6.07, 6.45) is -3.63. The standard InChI is InChI=1S/C12H13F4NS/c13-11(14)12(15,16)7-17-10-6-18-5-8-3-1-2-4-9(8)10/h1-4,10-11,17H,5-7H2. The summed E-state index contributed by atoms with van der Waals surface area (Å²) in [5.41, 5.74) is 2.01. The second kappa shape index (κ2) is 5.48. The lowest BCUT2D eigenvalue weighted by atomic mass is 10.0. The van der Waals surface area contributed by atoms with E-state index in [1.807, 2.05) is 24.3 Å². The van der Waals surface area contributed by atoms with Gasteiger partial charge in [0.05, 0.1) is 6.54 Å². The van der Waals surface area contributed by atoms with Crippen molar-refractivity contribution in [3.63, 3.8) is 0 Å². The van der Waals surface area contributed by atoms with Crippen LogP contribution in [-0.2, 0) is 5.75 Å². The molecule has 18 heavy (non-hydrogen) atoms. The fourth-order valence-corrected chi connectivity index (χ4v) is 3.02. The van der Waals surface area contributed by atoms with E-state index < -0.39 is 18.9 Å². The van der Waals surface area contributed by atoms with Gasteiger partial charge in [-0.2, -0.15) is 20.5 Å². The van der Waals surface area contributed by atoms with Gasteiger partial charge in [-0.3, -0.25) is 0 Å². The number of rotatable bonds is 4. The van der Waals surface area contributed by atoms with Gasteiger partial charge in [-0.05, 0) is 11.1 Å². The summed E-state index contributed by atoms with van der Waals surface area (Å²) in [5, 5.41) is 2.55. The van der Waals surface area contributed by atoms with Crippen LogP contribution >= 0.6 is 11.8 Å². The van der Waals surface area contributed by atoms with Crippen LogP contribution in [0.1, 0.15) is 17.2 Å². The minimum absolute atomic E-state index is 0.287. The van der Waals surface area contributed by atoms with Gasteiger partial charge in [0.25, 0.3) is 0 Å². The van der Waals surface area contributed by atoms with Gasteiger partial charge >= 0.3 is 12.3 Å². The zero-order chi connectivity index (χ0) is 13.2. The van der Waals surface area contributed by atoms with E-state index in [0.717, 1.165) is 16.9 Å². The molecule has 0 bridgehead atoms. The van der Waals surface area contributed by atoms with Gasteiger partial charge in [0.2, 0.25) is 0 Å². The van der Waals surface area contributed by atoms with Gasteiger partial charge in [0.15, 0.2) is 0 Å². The molecule has 6 heteroatoms. The van der Waals surface area contributed by atoms with Crippen LogP contribution in [0.5, 0.6) is 0 Å². The van der Waals surface area contributed by atoms with Crippen molar-refractivity contribution < 1.29 is 17.6 Å². The average molecular weight is 279 g/mol. The second-order valence-electron chi connectivity index (χ2n) is 4.21. The maximum absolute atomic E-state index is 12.9. The first kappa shape index (κ1) is 13.7. The highest BCUT2D eigenvalue weighted by molar-refractivity contribution is 7.98. The zero-order valence-corrected chi connectivity index (χ0v) is 10.3. The molecule has 1 aromatic rings. The SMILES string of the molecule is FC(F)C(F)(F)CNC1CSCc2ccccc21. The smallest absolute Gasteiger partial charge is 0.303 e. The Labute approximate surface area is 107 Å². The Kier molecular flexibility index (Phi) is 4.17. The molecule has 1 nitrogen and oxygen atoms in total. The molecular formula is C12H13F4NS. The van der Waals surface area contributed by atoms with Crippen molar-refractivity contribution in [2.75, 3.05) is 12.3 Å². The van der Waals surface area contributed by atoms with Crippen molar-refractivity contribution in [3.05, 3.63) is 35.4 Å². The Hall–Kier alpha value is -0.750. The van der Waals surface area contributed by atoms with E-state index in [2.05, 4.69) is 5.32 Å². The lowest BCUT2D eigenvalue weighted by Crippen LogP contribution is -2.41. The Bertz CT molecular complexity index is 411. The van der Waals surface area contributed by atoms with E-state index in [0.29, 0.717) is 5.75 Å². The molecule has 1 aliphatic heterocycles. The number of fused-ring (bicyclic) bond motifs is 1. The molecule has 2 rings (SSSR count). The molecule has 1 aliphatic rings. The van der Waals surface area contributed by atoms with Crippen molar-refractivity contribution in [2.45, 2.75) is 24.1 Å². The largest absolute Gasteiger partial charge is 0.319 e. The third-order valence-electron chi connectivity index (χ3n) is 2.88. The molecule has 0 fully saturated rings. The van der Waals surface area contributed by atoms with Crippen LogP contribution in [0.3, 0.4) is 0 Å². The molecule has 0 aromatic heterocycles. The van der Waals surface area contributed by atoms with Crippen LogP contribution in [0.25, 0.3) is 0 Å². The topological polar surface area (TPSA) is 12.0 Å². The molecule has 0 saturated carbocycles. The van der Waals surface area contributed by atoms with Crippen LogP contribution in [0.4, 0.5) is 17.6 Å². The Morgan fingerprint density at radius 3 is 2.78 bits per heavy atom. The van der Waals surface area contributed by atoms with Gasteiger partial charge in [-0.15, -0.1) is 0 Å². The third kappa shape index (κ3) is 2.98. The Balaban J connectivity index is 2.04. The lowest BCUT2D eigenvalue weighted by Gasteiger charge is -2.27. The Morgan fingerprint density at radius 1 is 1.33 bits per heavy atom. The fourth-order valence-electron chi connectivity index (χ4n) is 1.89.